The molecule has 0 aliphatic heterocycles. The number of nitrogens with two attached hydrogens (primary N) is 1. The first kappa shape index (κ1) is 25.5. The molecule has 0 fully saturated rings. The summed E-state index contributed by atoms with van der Waals surface area (Å²) >= 11 is 0. The highest BCUT2D eigenvalue weighted by Crippen LogP contribution is 2.39. The minimum atomic E-state index is -2.78. The molecule has 2 aromatic heterocycles. The number of hydrogen-bond acceptors (Lipinski definition) is 7. The number of ether oxygens (including phenoxy) is 1. The van der Waals surface area contributed by atoms with Crippen LogP contribution in [0, 0.1) is 12.7 Å². The second-order valence-electron chi connectivity index (χ2n) is 6.76. The zero-order chi connectivity index (χ0) is 24.4. The first-order valence-electron chi connectivity index (χ1n) is 9.89. The Morgan fingerprint density at radius 3 is 2.36 bits per heavy atom. The lowest BCUT2D eigenvalue weighted by atomic mass is 9.99. The molecule has 176 valence electrons. The van der Waals surface area contributed by atoms with Crippen molar-refractivity contribution in [3.8, 4) is 28.3 Å². The molecule has 0 atom stereocenters. The van der Waals surface area contributed by atoms with E-state index in [1.54, 1.807) is 13.0 Å². The van der Waals surface area contributed by atoms with Crippen molar-refractivity contribution in [3.63, 3.8) is 0 Å². The van der Waals surface area contributed by atoms with Crippen molar-refractivity contribution in [2.75, 3.05) is 33.0 Å². The van der Waals surface area contributed by atoms with E-state index < -0.39 is 17.9 Å². The zero-order valence-electron chi connectivity index (χ0n) is 18.4. The largest absolute Gasteiger partial charge is 0.475 e. The first-order valence-corrected chi connectivity index (χ1v) is 9.89. The highest BCUT2D eigenvalue weighted by atomic mass is 19.3. The standard InChI is InChI=1S/C20H18F3N5O2.C2H7N/c1-11-8-13(9-15(26-11)18(22)23)16-17(12-2-4-14(21)5-3-12)27-20(24)28-19(16)30-7-6-25-10-29;1-3-2/h2-5,8-10,18H,6-7H2,1H3,(H,25,29)(H2,24,27,28);3H,1-2H3. The number of nitrogens with one attached hydrogen (secondary N) is 2. The molecule has 0 spiro atoms. The highest BCUT2D eigenvalue weighted by molar-refractivity contribution is 5.85. The van der Waals surface area contributed by atoms with Crippen LogP contribution in [0.5, 0.6) is 5.88 Å². The van der Waals surface area contributed by atoms with Gasteiger partial charge in [-0.05, 0) is 63.0 Å². The number of nitrogen functional groups attached to an aromatic ring is 1. The van der Waals surface area contributed by atoms with Gasteiger partial charge in [0.1, 0.15) is 18.1 Å². The van der Waals surface area contributed by atoms with E-state index in [9.17, 15) is 18.0 Å². The van der Waals surface area contributed by atoms with Crippen LogP contribution in [0.15, 0.2) is 36.4 Å². The molecule has 3 rings (SSSR count). The average Bonchev–Trinajstić information content (AvgIpc) is 2.77. The van der Waals surface area contributed by atoms with E-state index in [2.05, 4.69) is 25.6 Å². The van der Waals surface area contributed by atoms with E-state index in [1.165, 1.54) is 30.3 Å². The predicted octanol–water partition coefficient (Wildman–Crippen LogP) is 3.13. The van der Waals surface area contributed by atoms with Crippen LogP contribution in [0.2, 0.25) is 0 Å². The molecule has 0 radical (unpaired) electrons. The van der Waals surface area contributed by atoms with Crippen LogP contribution in [0.25, 0.3) is 22.4 Å². The molecule has 2 heterocycles. The molecule has 3 aromatic rings. The normalized spacial score (nSPS) is 10.4. The second kappa shape index (κ2) is 12.3. The summed E-state index contributed by atoms with van der Waals surface area (Å²) in [7, 11) is 3.75. The van der Waals surface area contributed by atoms with E-state index in [-0.39, 0.29) is 30.7 Å². The number of carbonyl (C=O) groups is 1. The van der Waals surface area contributed by atoms with Gasteiger partial charge in [-0.3, -0.25) is 9.78 Å². The Balaban J connectivity index is 0.00000122. The van der Waals surface area contributed by atoms with Crippen LogP contribution in [0.1, 0.15) is 17.8 Å². The van der Waals surface area contributed by atoms with Crippen molar-refractivity contribution in [2.45, 2.75) is 13.3 Å². The molecule has 0 saturated carbocycles. The van der Waals surface area contributed by atoms with Crippen molar-refractivity contribution in [2.24, 2.45) is 0 Å². The van der Waals surface area contributed by atoms with E-state index >= 15 is 0 Å². The molecule has 0 aliphatic carbocycles. The number of pyridine rings is 1. The monoisotopic (exact) mass is 462 g/mol. The summed E-state index contributed by atoms with van der Waals surface area (Å²) in [4.78, 5) is 22.6. The molecule has 33 heavy (non-hydrogen) atoms. The van der Waals surface area contributed by atoms with Gasteiger partial charge < -0.3 is 21.1 Å². The summed E-state index contributed by atoms with van der Waals surface area (Å²) < 4.78 is 45.7. The number of aromatic nitrogens is 3. The number of benzene rings is 1. The number of alkyl halides is 2. The van der Waals surface area contributed by atoms with E-state index in [0.717, 1.165) is 0 Å². The van der Waals surface area contributed by atoms with Crippen LogP contribution in [0.4, 0.5) is 19.1 Å². The summed E-state index contributed by atoms with van der Waals surface area (Å²) in [5.41, 5.74) is 7.19. The van der Waals surface area contributed by atoms with Gasteiger partial charge in [0.2, 0.25) is 18.2 Å². The number of anilines is 1. The number of rotatable bonds is 8. The topological polar surface area (TPSA) is 115 Å². The van der Waals surface area contributed by atoms with Gasteiger partial charge in [0.05, 0.1) is 17.8 Å². The Morgan fingerprint density at radius 1 is 1.09 bits per heavy atom. The molecule has 0 unspecified atom stereocenters. The van der Waals surface area contributed by atoms with Crippen molar-refractivity contribution in [3.05, 3.63) is 53.6 Å². The Hall–Kier alpha value is -3.73. The number of carbonyl (C=O) groups excluding carboxylic acids is 1. The lowest BCUT2D eigenvalue weighted by Gasteiger charge is -2.16. The van der Waals surface area contributed by atoms with Crippen molar-refractivity contribution in [1.82, 2.24) is 25.6 Å². The summed E-state index contributed by atoms with van der Waals surface area (Å²) in [6.07, 6.45) is -2.27. The Kier molecular flexibility index (Phi) is 9.55. The minimum absolute atomic E-state index is 0.0420. The van der Waals surface area contributed by atoms with Gasteiger partial charge >= 0.3 is 0 Å². The van der Waals surface area contributed by atoms with Gasteiger partial charge in [0.15, 0.2) is 0 Å². The fraction of sp³-hybridized carbons (Fsp3) is 0.273. The van der Waals surface area contributed by atoms with Gasteiger partial charge in [0.25, 0.3) is 6.43 Å². The van der Waals surface area contributed by atoms with Crippen LogP contribution in [-0.2, 0) is 4.79 Å². The highest BCUT2D eigenvalue weighted by Gasteiger charge is 2.21. The van der Waals surface area contributed by atoms with E-state index in [4.69, 9.17) is 10.5 Å². The molecule has 4 N–H and O–H groups in total. The molecular formula is C22H25F3N6O2. The molecule has 0 aliphatic rings. The lowest BCUT2D eigenvalue weighted by Crippen LogP contribution is -2.20. The van der Waals surface area contributed by atoms with Gasteiger partial charge in [-0.15, -0.1) is 0 Å². The van der Waals surface area contributed by atoms with E-state index in [1.807, 2.05) is 14.1 Å². The number of amides is 1. The van der Waals surface area contributed by atoms with Crippen LogP contribution in [0.3, 0.4) is 0 Å². The average molecular weight is 462 g/mol. The fourth-order valence-electron chi connectivity index (χ4n) is 2.85. The maximum absolute atomic E-state index is 13.4. The molecule has 11 heteroatoms. The van der Waals surface area contributed by atoms with Crippen LogP contribution < -0.4 is 21.1 Å². The number of aryl methyl sites for hydroxylation is 1. The molecule has 0 saturated heterocycles. The number of halogens is 3. The summed E-state index contributed by atoms with van der Waals surface area (Å²) in [5.74, 6) is -0.518. The van der Waals surface area contributed by atoms with Gasteiger partial charge in [0, 0.05) is 11.3 Å². The van der Waals surface area contributed by atoms with Crippen molar-refractivity contribution in [1.29, 1.82) is 0 Å². The maximum atomic E-state index is 13.4. The summed E-state index contributed by atoms with van der Waals surface area (Å²) in [5, 5.41) is 5.20. The van der Waals surface area contributed by atoms with Crippen molar-refractivity contribution < 1.29 is 22.7 Å². The minimum Gasteiger partial charge on any atom is -0.475 e. The smallest absolute Gasteiger partial charge is 0.280 e. The van der Waals surface area contributed by atoms with E-state index in [0.29, 0.717) is 28.8 Å². The quantitative estimate of drug-likeness (QED) is 0.348. The van der Waals surface area contributed by atoms with Crippen LogP contribution >= 0.6 is 0 Å². The lowest BCUT2D eigenvalue weighted by molar-refractivity contribution is -0.109. The maximum Gasteiger partial charge on any atom is 0.280 e. The number of hydrogen-bond donors (Lipinski definition) is 3. The zero-order valence-corrected chi connectivity index (χ0v) is 18.4. The molecular weight excluding hydrogens is 437 g/mol. The molecule has 8 nitrogen and oxygen atoms in total. The van der Waals surface area contributed by atoms with Gasteiger partial charge in [-0.2, -0.15) is 4.98 Å². The third-order valence-corrected chi connectivity index (χ3v) is 4.06. The molecule has 1 amide bonds. The third-order valence-electron chi connectivity index (χ3n) is 4.06. The summed E-state index contributed by atoms with van der Waals surface area (Å²) in [6.45, 7) is 1.83. The Morgan fingerprint density at radius 2 is 1.76 bits per heavy atom. The predicted molar refractivity (Wildman–Crippen MR) is 119 cm³/mol. The van der Waals surface area contributed by atoms with Gasteiger partial charge in [-0.1, -0.05) is 0 Å². The second-order valence-corrected chi connectivity index (χ2v) is 6.76. The molecule has 1 aromatic carbocycles. The fourth-order valence-corrected chi connectivity index (χ4v) is 2.85. The van der Waals surface area contributed by atoms with Crippen molar-refractivity contribution >= 4 is 12.4 Å². The van der Waals surface area contributed by atoms with Gasteiger partial charge in [-0.25, -0.2) is 18.2 Å². The Labute approximate surface area is 189 Å². The van der Waals surface area contributed by atoms with Crippen LogP contribution in [-0.4, -0.2) is 48.6 Å². The molecule has 0 bridgehead atoms. The number of nitrogens with zero attached hydrogens (tertiary/aromatic N) is 3. The summed E-state index contributed by atoms with van der Waals surface area (Å²) in [6, 6.07) is 8.27. The first-order chi connectivity index (χ1) is 15.8. The Bertz CT molecular complexity index is 1060. The third kappa shape index (κ3) is 7.14. The SMILES string of the molecule is CNC.Cc1cc(-c2c(OCCNC=O)nc(N)nc2-c2ccc(F)cc2)cc(C(F)F)n1.